The number of halogens is 1. The van der Waals surface area contributed by atoms with Crippen molar-refractivity contribution >= 4 is 17.5 Å². The number of H-pyrrole nitrogens is 1. The van der Waals surface area contributed by atoms with Gasteiger partial charge in [0.05, 0.1) is 11.4 Å². The topological polar surface area (TPSA) is 71.5 Å². The minimum atomic E-state index is -0.280. The van der Waals surface area contributed by atoms with Crippen molar-refractivity contribution in [1.82, 2.24) is 19.9 Å². The summed E-state index contributed by atoms with van der Waals surface area (Å²) >= 11 is 1.47. The molecule has 1 fully saturated rings. The summed E-state index contributed by atoms with van der Waals surface area (Å²) in [6.07, 6.45) is 6.43. The van der Waals surface area contributed by atoms with Crippen LogP contribution in [0.5, 0.6) is 0 Å². The summed E-state index contributed by atoms with van der Waals surface area (Å²) in [7, 11) is 0. The quantitative estimate of drug-likeness (QED) is 0.526. The van der Waals surface area contributed by atoms with Gasteiger partial charge in [0.1, 0.15) is 23.1 Å². The number of thioether (sulfide) groups is 1. The number of carbonyl (C=O) groups is 1. The van der Waals surface area contributed by atoms with Gasteiger partial charge in [-0.1, -0.05) is 11.8 Å². The van der Waals surface area contributed by atoms with Crippen LogP contribution < -0.4 is 0 Å². The molecule has 0 unspecified atom stereocenters. The fraction of sp³-hybridized carbons (Fsp3) is 0.300. The van der Waals surface area contributed by atoms with E-state index >= 15 is 0 Å². The maximum Gasteiger partial charge on any atom is 0.187 e. The molecule has 7 heteroatoms. The molecule has 5 nitrogen and oxygen atoms in total. The monoisotopic (exact) mass is 382 g/mol. The third-order valence-electron chi connectivity index (χ3n) is 4.84. The Kier molecular flexibility index (Phi) is 5.03. The van der Waals surface area contributed by atoms with E-state index in [1.165, 1.54) is 23.9 Å². The van der Waals surface area contributed by atoms with Crippen LogP contribution in [-0.4, -0.2) is 32.0 Å². The second-order valence-corrected chi connectivity index (χ2v) is 7.37. The molecule has 0 saturated heterocycles. The van der Waals surface area contributed by atoms with E-state index in [1.807, 2.05) is 12.3 Å². The molecule has 27 heavy (non-hydrogen) atoms. The summed E-state index contributed by atoms with van der Waals surface area (Å²) < 4.78 is 13.4. The Morgan fingerprint density at radius 2 is 1.85 bits per heavy atom. The number of nitrogens with one attached hydrogen (secondary N) is 1. The van der Waals surface area contributed by atoms with Crippen LogP contribution in [0.15, 0.2) is 41.7 Å². The van der Waals surface area contributed by atoms with Gasteiger partial charge < -0.3 is 4.98 Å². The Balaban J connectivity index is 1.79. The number of imidazole rings is 1. The molecule has 0 amide bonds. The second-order valence-electron chi connectivity index (χ2n) is 6.59. The highest BCUT2D eigenvalue weighted by atomic mass is 32.2. The largest absolute Gasteiger partial charge is 0.341 e. The van der Waals surface area contributed by atoms with Gasteiger partial charge in [0.2, 0.25) is 0 Å². The zero-order chi connectivity index (χ0) is 18.8. The van der Waals surface area contributed by atoms with Crippen molar-refractivity contribution in [3.8, 4) is 22.6 Å². The van der Waals surface area contributed by atoms with Crippen LogP contribution in [-0.2, 0) is 4.79 Å². The smallest absolute Gasteiger partial charge is 0.187 e. The average molecular weight is 382 g/mol. The zero-order valence-electron chi connectivity index (χ0n) is 14.9. The molecule has 1 aromatic carbocycles. The Morgan fingerprint density at radius 3 is 2.56 bits per heavy atom. The Bertz CT molecular complexity index is 960. The summed E-state index contributed by atoms with van der Waals surface area (Å²) in [5.74, 6) is 1.12. The zero-order valence-corrected chi connectivity index (χ0v) is 15.7. The maximum atomic E-state index is 13.4. The Labute approximate surface area is 160 Å². The summed E-state index contributed by atoms with van der Waals surface area (Å²) in [6, 6.07) is 8.17. The summed E-state index contributed by atoms with van der Waals surface area (Å²) in [5, 5.41) is 0.672. The lowest BCUT2D eigenvalue weighted by molar-refractivity contribution is -0.120. The second kappa shape index (κ2) is 7.60. The molecule has 0 atom stereocenters. The van der Waals surface area contributed by atoms with Crippen LogP contribution in [0.4, 0.5) is 4.39 Å². The van der Waals surface area contributed by atoms with Gasteiger partial charge >= 0.3 is 0 Å². The normalized spacial score (nSPS) is 15.3. The first-order valence-electron chi connectivity index (χ1n) is 8.89. The lowest BCUT2D eigenvalue weighted by Crippen LogP contribution is -2.13. The third kappa shape index (κ3) is 3.78. The number of aromatic amines is 1. The first-order chi connectivity index (χ1) is 13.1. The van der Waals surface area contributed by atoms with E-state index in [1.54, 1.807) is 18.3 Å². The molecule has 1 aliphatic rings. The number of benzene rings is 1. The minimum absolute atomic E-state index is 0.220. The number of ketones is 1. The summed E-state index contributed by atoms with van der Waals surface area (Å²) in [4.78, 5) is 28.6. The average Bonchev–Trinajstić information content (AvgIpc) is 3.14. The lowest BCUT2D eigenvalue weighted by atomic mass is 9.88. The maximum absolute atomic E-state index is 13.4. The predicted molar refractivity (Wildman–Crippen MR) is 103 cm³/mol. The molecular formula is C20H19FN4OS. The van der Waals surface area contributed by atoms with E-state index in [2.05, 4.69) is 15.0 Å². The number of aromatic nitrogens is 4. The van der Waals surface area contributed by atoms with E-state index < -0.39 is 0 Å². The fourth-order valence-corrected chi connectivity index (χ4v) is 3.74. The molecule has 1 N–H and O–H groups in total. The number of Topliss-reactive ketones (excluding diaryl/α,β-unsaturated/α-hetero) is 1. The van der Waals surface area contributed by atoms with E-state index in [9.17, 15) is 9.18 Å². The van der Waals surface area contributed by atoms with Gasteiger partial charge in [-0.05, 0) is 49.4 Å². The van der Waals surface area contributed by atoms with E-state index in [0.29, 0.717) is 23.8 Å². The van der Waals surface area contributed by atoms with Gasteiger partial charge in [0.15, 0.2) is 5.16 Å². The van der Waals surface area contributed by atoms with Gasteiger partial charge in [-0.2, -0.15) is 0 Å². The Hall–Kier alpha value is -2.54. The van der Waals surface area contributed by atoms with Crippen LogP contribution in [0.3, 0.4) is 0 Å². The van der Waals surface area contributed by atoms with E-state index in [-0.39, 0.29) is 11.7 Å². The van der Waals surface area contributed by atoms with Gasteiger partial charge in [-0.15, -0.1) is 0 Å². The van der Waals surface area contributed by atoms with Crippen LogP contribution in [0.25, 0.3) is 22.6 Å². The molecule has 0 spiro atoms. The first kappa shape index (κ1) is 17.9. The van der Waals surface area contributed by atoms with Crippen molar-refractivity contribution in [2.45, 2.75) is 36.8 Å². The molecule has 0 radical (unpaired) electrons. The van der Waals surface area contributed by atoms with Gasteiger partial charge in [-0.25, -0.2) is 19.3 Å². The third-order valence-corrected chi connectivity index (χ3v) is 5.41. The van der Waals surface area contributed by atoms with E-state index in [0.717, 1.165) is 41.3 Å². The van der Waals surface area contributed by atoms with Crippen molar-refractivity contribution in [1.29, 1.82) is 0 Å². The number of rotatable bonds is 4. The van der Waals surface area contributed by atoms with E-state index in [4.69, 9.17) is 4.98 Å². The van der Waals surface area contributed by atoms with Crippen LogP contribution >= 0.6 is 11.8 Å². The van der Waals surface area contributed by atoms with Gasteiger partial charge in [0.25, 0.3) is 0 Å². The van der Waals surface area contributed by atoms with Crippen LogP contribution in [0.1, 0.15) is 37.4 Å². The highest BCUT2D eigenvalue weighted by Gasteiger charge is 2.25. The highest BCUT2D eigenvalue weighted by Crippen LogP contribution is 2.35. The molecule has 1 aliphatic carbocycles. The van der Waals surface area contributed by atoms with Crippen LogP contribution in [0, 0.1) is 5.82 Å². The molecule has 138 valence electrons. The Morgan fingerprint density at radius 1 is 1.11 bits per heavy atom. The van der Waals surface area contributed by atoms with Crippen molar-refractivity contribution in [3.05, 3.63) is 48.2 Å². The predicted octanol–water partition coefficient (Wildman–Crippen LogP) is 4.62. The molecule has 2 heterocycles. The highest BCUT2D eigenvalue weighted by molar-refractivity contribution is 7.98. The van der Waals surface area contributed by atoms with Crippen LogP contribution in [0.2, 0.25) is 0 Å². The van der Waals surface area contributed by atoms with Crippen molar-refractivity contribution in [2.24, 2.45) is 0 Å². The van der Waals surface area contributed by atoms with Crippen molar-refractivity contribution in [2.75, 3.05) is 6.26 Å². The molecule has 2 aromatic heterocycles. The first-order valence-corrected chi connectivity index (χ1v) is 10.1. The van der Waals surface area contributed by atoms with Crippen molar-refractivity contribution in [3.63, 3.8) is 0 Å². The van der Waals surface area contributed by atoms with Gasteiger partial charge in [0, 0.05) is 30.5 Å². The molecular weight excluding hydrogens is 363 g/mol. The SMILES string of the molecule is CSc1nccc(-c2nc(C3CCC(=O)CC3)[nH]c2-c2ccc(F)cc2)n1. The molecule has 3 aromatic rings. The molecule has 0 aliphatic heterocycles. The number of hydrogen-bond acceptors (Lipinski definition) is 5. The minimum Gasteiger partial charge on any atom is -0.341 e. The van der Waals surface area contributed by atoms with Crippen molar-refractivity contribution < 1.29 is 9.18 Å². The molecule has 4 rings (SSSR count). The number of carbonyl (C=O) groups excluding carboxylic acids is 1. The van der Waals surface area contributed by atoms with Gasteiger partial charge in [-0.3, -0.25) is 4.79 Å². The number of nitrogens with zero attached hydrogens (tertiary/aromatic N) is 3. The molecule has 1 saturated carbocycles. The lowest BCUT2D eigenvalue weighted by Gasteiger charge is -2.18. The fourth-order valence-electron chi connectivity index (χ4n) is 3.38. The summed E-state index contributed by atoms with van der Waals surface area (Å²) in [6.45, 7) is 0. The standard InChI is InChI=1S/C20H19FN4OS/c1-27-20-22-11-10-16(23-20)18-17(12-2-6-14(21)7-3-12)24-19(25-18)13-4-8-15(26)9-5-13/h2-3,6-7,10-11,13H,4-5,8-9H2,1H3,(H,24,25). The number of hydrogen-bond donors (Lipinski definition) is 1. The molecule has 0 bridgehead atoms. The summed E-state index contributed by atoms with van der Waals surface area (Å²) in [5.41, 5.74) is 3.11.